The highest BCUT2D eigenvalue weighted by molar-refractivity contribution is 6.32. The number of hydrogen-bond acceptors (Lipinski definition) is 5. The molecule has 0 fully saturated rings. The molecule has 2 aromatic heterocycles. The van der Waals surface area contributed by atoms with Crippen molar-refractivity contribution < 1.29 is 0 Å². The Morgan fingerprint density at radius 2 is 2.24 bits per heavy atom. The summed E-state index contributed by atoms with van der Waals surface area (Å²) in [7, 11) is 1.84. The average molecular weight is 248 g/mol. The lowest BCUT2D eigenvalue weighted by atomic mass is 10.3. The second-order valence-electron chi connectivity index (χ2n) is 3.32. The molecule has 0 aliphatic rings. The molecular formula is C11H10ClN5. The van der Waals surface area contributed by atoms with Gasteiger partial charge in [0.05, 0.1) is 17.4 Å². The van der Waals surface area contributed by atoms with Crippen molar-refractivity contribution in [1.29, 1.82) is 5.41 Å². The molecular weight excluding hydrogens is 238 g/mol. The largest absolute Gasteiger partial charge is 0.327 e. The Balaban J connectivity index is 2.48. The lowest BCUT2D eigenvalue weighted by Gasteiger charge is -2.19. The molecule has 2 heterocycles. The van der Waals surface area contributed by atoms with Crippen molar-refractivity contribution in [1.82, 2.24) is 15.0 Å². The van der Waals surface area contributed by atoms with Crippen LogP contribution in [0, 0.1) is 5.41 Å². The molecule has 6 heteroatoms. The number of rotatable bonds is 3. The predicted molar refractivity (Wildman–Crippen MR) is 67.2 cm³/mol. The summed E-state index contributed by atoms with van der Waals surface area (Å²) in [4.78, 5) is 13.8. The highest BCUT2D eigenvalue weighted by Gasteiger charge is 2.13. The van der Waals surface area contributed by atoms with Gasteiger partial charge in [-0.15, -0.1) is 0 Å². The summed E-state index contributed by atoms with van der Waals surface area (Å²) in [5, 5.41) is 7.61. The molecule has 0 radical (unpaired) electrons. The Bertz CT molecular complexity index is 529. The molecule has 2 rings (SSSR count). The Morgan fingerprint density at radius 3 is 2.88 bits per heavy atom. The Morgan fingerprint density at radius 1 is 1.41 bits per heavy atom. The van der Waals surface area contributed by atoms with E-state index in [0.29, 0.717) is 11.4 Å². The minimum Gasteiger partial charge on any atom is -0.327 e. The molecule has 86 valence electrons. The van der Waals surface area contributed by atoms with Crippen LogP contribution in [0.4, 0.5) is 11.5 Å². The van der Waals surface area contributed by atoms with E-state index in [0.717, 1.165) is 11.9 Å². The summed E-state index contributed by atoms with van der Waals surface area (Å²) >= 11 is 5.92. The van der Waals surface area contributed by atoms with Crippen LogP contribution in [-0.4, -0.2) is 28.2 Å². The second kappa shape index (κ2) is 4.88. The van der Waals surface area contributed by atoms with Crippen LogP contribution in [0.5, 0.6) is 0 Å². The minimum atomic E-state index is 0.265. The fourth-order valence-corrected chi connectivity index (χ4v) is 1.61. The lowest BCUT2D eigenvalue weighted by Crippen LogP contribution is -2.14. The highest BCUT2D eigenvalue weighted by atomic mass is 35.5. The molecule has 0 aliphatic heterocycles. The van der Waals surface area contributed by atoms with Crippen molar-refractivity contribution in [2.24, 2.45) is 0 Å². The fraction of sp³-hybridized carbons (Fsp3) is 0.0909. The van der Waals surface area contributed by atoms with Crippen LogP contribution in [0.3, 0.4) is 0 Å². The maximum atomic E-state index is 7.35. The molecule has 2 aromatic rings. The van der Waals surface area contributed by atoms with Crippen molar-refractivity contribution in [3.05, 3.63) is 41.6 Å². The quantitative estimate of drug-likeness (QED) is 0.668. The third kappa shape index (κ3) is 2.24. The van der Waals surface area contributed by atoms with Gasteiger partial charge in [-0.05, 0) is 12.1 Å². The predicted octanol–water partition coefficient (Wildman–Crippen LogP) is 2.29. The summed E-state index contributed by atoms with van der Waals surface area (Å²) in [6.45, 7) is 0. The van der Waals surface area contributed by atoms with Gasteiger partial charge < -0.3 is 10.3 Å². The molecule has 17 heavy (non-hydrogen) atoms. The zero-order chi connectivity index (χ0) is 12.3. The van der Waals surface area contributed by atoms with E-state index in [4.69, 9.17) is 17.0 Å². The van der Waals surface area contributed by atoms with E-state index in [-0.39, 0.29) is 5.15 Å². The Kier molecular flexibility index (Phi) is 3.30. The molecule has 0 saturated heterocycles. The zero-order valence-electron chi connectivity index (χ0n) is 9.13. The summed E-state index contributed by atoms with van der Waals surface area (Å²) < 4.78 is 0. The first-order chi connectivity index (χ1) is 8.24. The summed E-state index contributed by atoms with van der Waals surface area (Å²) in [6, 6.07) is 3.73. The Hall–Kier alpha value is -2.01. The van der Waals surface area contributed by atoms with E-state index in [1.54, 1.807) is 17.3 Å². The van der Waals surface area contributed by atoms with Crippen molar-refractivity contribution in [2.75, 3.05) is 11.9 Å². The van der Waals surface area contributed by atoms with Gasteiger partial charge >= 0.3 is 0 Å². The summed E-state index contributed by atoms with van der Waals surface area (Å²) in [5.41, 5.74) is 1.35. The fourth-order valence-electron chi connectivity index (χ4n) is 1.43. The van der Waals surface area contributed by atoms with Crippen molar-refractivity contribution in [3.63, 3.8) is 0 Å². The molecule has 0 saturated carbocycles. The highest BCUT2D eigenvalue weighted by Crippen LogP contribution is 2.25. The maximum Gasteiger partial charge on any atom is 0.146 e. The van der Waals surface area contributed by atoms with Crippen LogP contribution < -0.4 is 4.90 Å². The molecule has 0 unspecified atom stereocenters. The van der Waals surface area contributed by atoms with Crippen LogP contribution in [-0.2, 0) is 0 Å². The molecule has 5 nitrogen and oxygen atoms in total. The van der Waals surface area contributed by atoms with Gasteiger partial charge in [0.15, 0.2) is 0 Å². The molecule has 0 spiro atoms. The number of anilines is 2. The Labute approximate surface area is 104 Å². The third-order valence-corrected chi connectivity index (χ3v) is 2.61. The van der Waals surface area contributed by atoms with Gasteiger partial charge in [0.2, 0.25) is 0 Å². The maximum absolute atomic E-state index is 7.35. The molecule has 0 aromatic carbocycles. The van der Waals surface area contributed by atoms with Crippen molar-refractivity contribution in [2.45, 2.75) is 0 Å². The van der Waals surface area contributed by atoms with Gasteiger partial charge in [0, 0.05) is 19.5 Å². The van der Waals surface area contributed by atoms with Gasteiger partial charge in [-0.2, -0.15) is 0 Å². The average Bonchev–Trinajstić information content (AvgIpc) is 2.38. The number of hydrogen-bond donors (Lipinski definition) is 1. The van der Waals surface area contributed by atoms with E-state index in [9.17, 15) is 0 Å². The van der Waals surface area contributed by atoms with Gasteiger partial charge in [0.1, 0.15) is 17.3 Å². The SMILES string of the molecule is CN(c1cccnc1)c1ncnc(Cl)c1C=N. The van der Waals surface area contributed by atoms with E-state index in [1.807, 2.05) is 19.2 Å². The van der Waals surface area contributed by atoms with Crippen LogP contribution in [0.25, 0.3) is 0 Å². The van der Waals surface area contributed by atoms with Crippen LogP contribution in [0.15, 0.2) is 30.9 Å². The van der Waals surface area contributed by atoms with Gasteiger partial charge in [0.25, 0.3) is 0 Å². The molecule has 0 aliphatic carbocycles. The number of pyridine rings is 1. The summed E-state index contributed by atoms with van der Waals surface area (Å²) in [5.74, 6) is 0.577. The van der Waals surface area contributed by atoms with Crippen LogP contribution in [0.2, 0.25) is 5.15 Å². The first-order valence-corrected chi connectivity index (χ1v) is 5.26. The number of nitrogens with zero attached hydrogens (tertiary/aromatic N) is 4. The third-order valence-electron chi connectivity index (χ3n) is 2.31. The van der Waals surface area contributed by atoms with E-state index >= 15 is 0 Å². The molecule has 0 amide bonds. The number of halogens is 1. The van der Waals surface area contributed by atoms with E-state index in [1.165, 1.54) is 6.33 Å². The van der Waals surface area contributed by atoms with Crippen LogP contribution >= 0.6 is 11.6 Å². The second-order valence-corrected chi connectivity index (χ2v) is 3.67. The van der Waals surface area contributed by atoms with E-state index < -0.39 is 0 Å². The topological polar surface area (TPSA) is 65.8 Å². The van der Waals surface area contributed by atoms with Crippen LogP contribution in [0.1, 0.15) is 5.56 Å². The smallest absolute Gasteiger partial charge is 0.146 e. The standard InChI is InChI=1S/C11H10ClN5/c1-17(8-3-2-4-14-6-8)11-9(5-13)10(12)15-7-16-11/h2-7,13H,1H3. The molecule has 1 N–H and O–H groups in total. The van der Waals surface area contributed by atoms with Gasteiger partial charge in [-0.3, -0.25) is 4.98 Å². The van der Waals surface area contributed by atoms with Crippen molar-refractivity contribution >= 4 is 29.3 Å². The van der Waals surface area contributed by atoms with Crippen molar-refractivity contribution in [3.8, 4) is 0 Å². The normalized spacial score (nSPS) is 10.0. The van der Waals surface area contributed by atoms with E-state index in [2.05, 4.69) is 15.0 Å². The molecule has 0 atom stereocenters. The minimum absolute atomic E-state index is 0.265. The first kappa shape index (κ1) is 11.5. The number of nitrogens with one attached hydrogen (secondary N) is 1. The lowest BCUT2D eigenvalue weighted by molar-refractivity contribution is 1.07. The monoisotopic (exact) mass is 247 g/mol. The first-order valence-electron chi connectivity index (χ1n) is 4.88. The van der Waals surface area contributed by atoms with Gasteiger partial charge in [-0.25, -0.2) is 9.97 Å². The zero-order valence-corrected chi connectivity index (χ0v) is 9.89. The van der Waals surface area contributed by atoms with Gasteiger partial charge in [-0.1, -0.05) is 11.6 Å². The summed E-state index contributed by atoms with van der Waals surface area (Å²) in [6.07, 6.45) is 5.92. The number of aromatic nitrogens is 3. The molecule has 0 bridgehead atoms.